The molecule has 1 aromatic heterocycles. The van der Waals surface area contributed by atoms with Crippen LogP contribution in [-0.4, -0.2) is 23.5 Å². The van der Waals surface area contributed by atoms with E-state index in [9.17, 15) is 8.78 Å². The largest absolute Gasteiger partial charge is 0.435 e. The van der Waals surface area contributed by atoms with Gasteiger partial charge in [0.2, 0.25) is 0 Å². The Labute approximate surface area is 114 Å². The van der Waals surface area contributed by atoms with Crippen molar-refractivity contribution in [2.75, 3.05) is 7.05 Å². The molecule has 0 spiro atoms. The normalized spacial score (nSPS) is 11.2. The van der Waals surface area contributed by atoms with Gasteiger partial charge >= 0.3 is 6.61 Å². The number of thiazole rings is 1. The summed E-state index contributed by atoms with van der Waals surface area (Å²) in [6.45, 7) is -1.29. The molecule has 0 saturated carbocycles. The summed E-state index contributed by atoms with van der Waals surface area (Å²) >= 11 is 1.57. The van der Waals surface area contributed by atoms with Gasteiger partial charge in [0.25, 0.3) is 0 Å². The van der Waals surface area contributed by atoms with E-state index in [0.717, 1.165) is 24.3 Å². The van der Waals surface area contributed by atoms with Gasteiger partial charge < -0.3 is 4.74 Å². The third-order valence-electron chi connectivity index (χ3n) is 2.52. The number of aromatic nitrogens is 1. The molecule has 2 aromatic rings. The first-order valence-corrected chi connectivity index (χ1v) is 6.67. The molecule has 1 aromatic carbocycles. The molecule has 0 saturated heterocycles. The maximum absolute atomic E-state index is 12.0. The molecule has 0 amide bonds. The van der Waals surface area contributed by atoms with Gasteiger partial charge in [-0.2, -0.15) is 8.78 Å². The maximum atomic E-state index is 12.0. The predicted molar refractivity (Wildman–Crippen MR) is 70.4 cm³/mol. The minimum absolute atomic E-state index is 0.181. The fraction of sp³-hybridized carbons (Fsp3) is 0.308. The highest BCUT2D eigenvalue weighted by Gasteiger charge is 2.06. The number of ether oxygens (including phenoxy) is 1. The summed E-state index contributed by atoms with van der Waals surface area (Å²) in [5.41, 5.74) is 3.88. The van der Waals surface area contributed by atoms with Crippen LogP contribution in [0.25, 0.3) is 0 Å². The monoisotopic (exact) mass is 284 g/mol. The van der Waals surface area contributed by atoms with Crippen molar-refractivity contribution in [3.63, 3.8) is 0 Å². The van der Waals surface area contributed by atoms with Gasteiger partial charge in [-0.15, -0.1) is 11.3 Å². The van der Waals surface area contributed by atoms with Crippen molar-refractivity contribution < 1.29 is 13.5 Å². The molecule has 0 aliphatic carbocycles. The van der Waals surface area contributed by atoms with Crippen molar-refractivity contribution in [2.24, 2.45) is 0 Å². The standard InChI is InChI=1S/C13H14F2N2OS/c1-17(7-11-8-19-9-16-11)6-10-2-4-12(5-3-10)18-13(14)15/h2-5,8-9,13H,6-7H2,1H3. The van der Waals surface area contributed by atoms with Gasteiger partial charge in [0.05, 0.1) is 11.2 Å². The topological polar surface area (TPSA) is 25.4 Å². The van der Waals surface area contributed by atoms with Gasteiger partial charge in [-0.3, -0.25) is 4.90 Å². The van der Waals surface area contributed by atoms with E-state index in [1.165, 1.54) is 0 Å². The van der Waals surface area contributed by atoms with E-state index in [4.69, 9.17) is 0 Å². The van der Waals surface area contributed by atoms with E-state index in [1.54, 1.807) is 41.1 Å². The van der Waals surface area contributed by atoms with Crippen LogP contribution in [0.1, 0.15) is 11.3 Å². The Morgan fingerprint density at radius 2 is 2.00 bits per heavy atom. The van der Waals surface area contributed by atoms with Crippen LogP contribution in [0.5, 0.6) is 5.75 Å². The number of alkyl halides is 2. The van der Waals surface area contributed by atoms with E-state index in [1.807, 2.05) is 12.4 Å². The second kappa shape index (κ2) is 6.58. The highest BCUT2D eigenvalue weighted by molar-refractivity contribution is 7.07. The Balaban J connectivity index is 1.88. The van der Waals surface area contributed by atoms with Gasteiger partial charge in [-0.25, -0.2) is 4.98 Å². The first-order chi connectivity index (χ1) is 9.13. The number of halogens is 2. The van der Waals surface area contributed by atoms with Crippen molar-refractivity contribution in [1.82, 2.24) is 9.88 Å². The highest BCUT2D eigenvalue weighted by atomic mass is 32.1. The molecule has 1 heterocycles. The Bertz CT molecular complexity index is 488. The number of rotatable bonds is 6. The summed E-state index contributed by atoms with van der Waals surface area (Å²) in [6, 6.07) is 6.68. The van der Waals surface area contributed by atoms with Gasteiger partial charge in [-0.1, -0.05) is 12.1 Å². The first-order valence-electron chi connectivity index (χ1n) is 5.73. The minimum Gasteiger partial charge on any atom is -0.435 e. The summed E-state index contributed by atoms with van der Waals surface area (Å²) in [4.78, 5) is 6.33. The summed E-state index contributed by atoms with van der Waals surface area (Å²) in [6.07, 6.45) is 0. The zero-order chi connectivity index (χ0) is 13.7. The molecule has 0 fully saturated rings. The smallest absolute Gasteiger partial charge is 0.387 e. The summed E-state index contributed by atoms with van der Waals surface area (Å²) < 4.78 is 28.3. The van der Waals surface area contributed by atoms with Crippen LogP contribution in [0, 0.1) is 0 Å². The van der Waals surface area contributed by atoms with Crippen LogP contribution in [0.2, 0.25) is 0 Å². The lowest BCUT2D eigenvalue weighted by molar-refractivity contribution is -0.0498. The molecule has 0 aliphatic heterocycles. The molecular weight excluding hydrogens is 270 g/mol. The fourth-order valence-electron chi connectivity index (χ4n) is 1.74. The molecular formula is C13H14F2N2OS. The molecule has 3 nitrogen and oxygen atoms in total. The average molecular weight is 284 g/mol. The molecule has 0 atom stereocenters. The summed E-state index contributed by atoms with van der Waals surface area (Å²) in [5, 5.41) is 2.01. The van der Waals surface area contributed by atoms with Crippen molar-refractivity contribution in [3.8, 4) is 5.75 Å². The Morgan fingerprint density at radius 1 is 1.26 bits per heavy atom. The fourth-order valence-corrected chi connectivity index (χ4v) is 2.29. The predicted octanol–water partition coefficient (Wildman–Crippen LogP) is 3.38. The zero-order valence-corrected chi connectivity index (χ0v) is 11.2. The molecule has 0 N–H and O–H groups in total. The van der Waals surface area contributed by atoms with Crippen molar-refractivity contribution in [3.05, 3.63) is 46.4 Å². The summed E-state index contributed by atoms with van der Waals surface area (Å²) in [5.74, 6) is 0.181. The summed E-state index contributed by atoms with van der Waals surface area (Å²) in [7, 11) is 1.99. The average Bonchev–Trinajstić information content (AvgIpc) is 2.83. The lowest BCUT2D eigenvalue weighted by atomic mass is 10.2. The quantitative estimate of drug-likeness (QED) is 0.813. The highest BCUT2D eigenvalue weighted by Crippen LogP contribution is 2.16. The second-order valence-electron chi connectivity index (χ2n) is 4.17. The van der Waals surface area contributed by atoms with Gasteiger partial charge in [0, 0.05) is 18.5 Å². The van der Waals surface area contributed by atoms with Crippen molar-refractivity contribution >= 4 is 11.3 Å². The Hall–Kier alpha value is -1.53. The van der Waals surface area contributed by atoms with Gasteiger partial charge in [0.15, 0.2) is 0 Å². The van der Waals surface area contributed by atoms with Crippen LogP contribution in [0.4, 0.5) is 8.78 Å². The number of hydrogen-bond acceptors (Lipinski definition) is 4. The number of nitrogens with zero attached hydrogens (tertiary/aromatic N) is 2. The van der Waals surface area contributed by atoms with E-state index < -0.39 is 6.61 Å². The first kappa shape index (κ1) is 13.9. The van der Waals surface area contributed by atoms with E-state index in [2.05, 4.69) is 14.6 Å². The molecule has 6 heteroatoms. The van der Waals surface area contributed by atoms with E-state index in [0.29, 0.717) is 0 Å². The third-order valence-corrected chi connectivity index (χ3v) is 3.15. The third kappa shape index (κ3) is 4.57. The van der Waals surface area contributed by atoms with E-state index >= 15 is 0 Å². The SMILES string of the molecule is CN(Cc1ccc(OC(F)F)cc1)Cc1cscn1. The Morgan fingerprint density at radius 3 is 2.58 bits per heavy atom. The number of hydrogen-bond donors (Lipinski definition) is 0. The maximum Gasteiger partial charge on any atom is 0.387 e. The van der Waals surface area contributed by atoms with E-state index in [-0.39, 0.29) is 5.75 Å². The second-order valence-corrected chi connectivity index (χ2v) is 4.89. The van der Waals surface area contributed by atoms with Crippen molar-refractivity contribution in [2.45, 2.75) is 19.7 Å². The lowest BCUT2D eigenvalue weighted by Crippen LogP contribution is -2.17. The molecule has 0 bridgehead atoms. The van der Waals surface area contributed by atoms with Gasteiger partial charge in [0.1, 0.15) is 5.75 Å². The molecule has 0 aliphatic rings. The van der Waals surface area contributed by atoms with Crippen LogP contribution >= 0.6 is 11.3 Å². The van der Waals surface area contributed by atoms with Crippen molar-refractivity contribution in [1.29, 1.82) is 0 Å². The Kier molecular flexibility index (Phi) is 4.81. The van der Waals surface area contributed by atoms with Crippen LogP contribution in [-0.2, 0) is 13.1 Å². The zero-order valence-electron chi connectivity index (χ0n) is 10.4. The van der Waals surface area contributed by atoms with Crippen LogP contribution < -0.4 is 4.74 Å². The van der Waals surface area contributed by atoms with Crippen LogP contribution in [0.15, 0.2) is 35.2 Å². The van der Waals surface area contributed by atoms with Gasteiger partial charge in [-0.05, 0) is 24.7 Å². The van der Waals surface area contributed by atoms with Crippen LogP contribution in [0.3, 0.4) is 0 Å². The molecule has 102 valence electrons. The lowest BCUT2D eigenvalue weighted by Gasteiger charge is -2.15. The molecule has 0 unspecified atom stereocenters. The molecule has 0 radical (unpaired) electrons. The molecule has 19 heavy (non-hydrogen) atoms. The molecule has 2 rings (SSSR count). The minimum atomic E-state index is -2.78. The number of benzene rings is 1.